The second-order valence-corrected chi connectivity index (χ2v) is 6.64. The number of ether oxygens (including phenoxy) is 1. The summed E-state index contributed by atoms with van der Waals surface area (Å²) in [4.78, 5) is 0. The fraction of sp³-hybridized carbons (Fsp3) is 0.733. The Morgan fingerprint density at radius 3 is 2.67 bits per heavy atom. The van der Waals surface area contributed by atoms with Crippen molar-refractivity contribution in [1.29, 1.82) is 0 Å². The van der Waals surface area contributed by atoms with Crippen LogP contribution in [0.15, 0.2) is 23.0 Å². The Bertz CT molecular complexity index is 387. The lowest BCUT2D eigenvalue weighted by atomic mass is 9.70. The molecule has 1 N–H and O–H groups in total. The lowest BCUT2D eigenvalue weighted by Gasteiger charge is -2.47. The van der Waals surface area contributed by atoms with Gasteiger partial charge in [-0.25, -0.2) is 0 Å². The van der Waals surface area contributed by atoms with Crippen LogP contribution in [0.4, 0.5) is 0 Å². The Labute approximate surface area is 109 Å². The molecular weight excluding hydrogens is 226 g/mol. The molecule has 1 aliphatic carbocycles. The molecule has 1 saturated carbocycles. The fourth-order valence-corrected chi connectivity index (χ4v) is 3.14. The standard InChI is InChI=1S/C15H23NO2/c1-14(2)4-6-15(7-5-14)11-16-9-13(18-15)12-3-8-17-10-12/h3,8,10,13,16H,4-7,9,11H2,1-2H3. The average molecular weight is 249 g/mol. The summed E-state index contributed by atoms with van der Waals surface area (Å²) in [5.74, 6) is 0. The molecule has 2 aliphatic rings. The third-order valence-electron chi connectivity index (χ3n) is 4.60. The lowest BCUT2D eigenvalue weighted by Crippen LogP contribution is -2.53. The van der Waals surface area contributed by atoms with Gasteiger partial charge in [-0.3, -0.25) is 0 Å². The van der Waals surface area contributed by atoms with E-state index in [1.54, 1.807) is 12.5 Å². The largest absolute Gasteiger partial charge is 0.472 e. The van der Waals surface area contributed by atoms with Gasteiger partial charge in [0.05, 0.1) is 24.2 Å². The van der Waals surface area contributed by atoms with E-state index in [9.17, 15) is 0 Å². The molecule has 2 fully saturated rings. The Balaban J connectivity index is 1.71. The summed E-state index contributed by atoms with van der Waals surface area (Å²) in [6, 6.07) is 2.01. The van der Waals surface area contributed by atoms with Gasteiger partial charge in [0, 0.05) is 18.7 Å². The highest BCUT2D eigenvalue weighted by Crippen LogP contribution is 2.44. The topological polar surface area (TPSA) is 34.4 Å². The number of morpholine rings is 1. The van der Waals surface area contributed by atoms with E-state index >= 15 is 0 Å². The van der Waals surface area contributed by atoms with Gasteiger partial charge < -0.3 is 14.5 Å². The van der Waals surface area contributed by atoms with E-state index in [1.165, 1.54) is 25.7 Å². The third kappa shape index (κ3) is 2.34. The first kappa shape index (κ1) is 12.2. The average Bonchev–Trinajstić information content (AvgIpc) is 2.88. The van der Waals surface area contributed by atoms with Gasteiger partial charge in [0.2, 0.25) is 0 Å². The number of hydrogen-bond donors (Lipinski definition) is 1. The summed E-state index contributed by atoms with van der Waals surface area (Å²) in [6.45, 7) is 6.62. The van der Waals surface area contributed by atoms with Gasteiger partial charge in [0.1, 0.15) is 0 Å². The SMILES string of the molecule is CC1(C)CCC2(CC1)CNCC(c1ccoc1)O2. The van der Waals surface area contributed by atoms with Crippen LogP contribution in [0.25, 0.3) is 0 Å². The second kappa shape index (κ2) is 4.39. The van der Waals surface area contributed by atoms with E-state index in [1.807, 2.05) is 6.07 Å². The summed E-state index contributed by atoms with van der Waals surface area (Å²) in [7, 11) is 0. The first-order valence-corrected chi connectivity index (χ1v) is 6.99. The molecule has 0 radical (unpaired) electrons. The van der Waals surface area contributed by atoms with Crippen LogP contribution in [0, 0.1) is 5.41 Å². The number of hydrogen-bond acceptors (Lipinski definition) is 3. The van der Waals surface area contributed by atoms with Gasteiger partial charge in [-0.05, 0) is 37.2 Å². The zero-order valence-corrected chi connectivity index (χ0v) is 11.4. The van der Waals surface area contributed by atoms with Crippen molar-refractivity contribution in [3.8, 4) is 0 Å². The van der Waals surface area contributed by atoms with Gasteiger partial charge >= 0.3 is 0 Å². The number of rotatable bonds is 1. The maximum atomic E-state index is 6.43. The minimum atomic E-state index is 0.0513. The zero-order valence-electron chi connectivity index (χ0n) is 11.4. The minimum absolute atomic E-state index is 0.0513. The van der Waals surface area contributed by atoms with Crippen molar-refractivity contribution in [2.24, 2.45) is 5.41 Å². The Morgan fingerprint density at radius 2 is 2.00 bits per heavy atom. The molecule has 100 valence electrons. The van der Waals surface area contributed by atoms with Crippen LogP contribution >= 0.6 is 0 Å². The molecule has 3 heteroatoms. The summed E-state index contributed by atoms with van der Waals surface area (Å²) in [5.41, 5.74) is 1.69. The van der Waals surface area contributed by atoms with Crippen LogP contribution in [0.2, 0.25) is 0 Å². The number of nitrogens with one attached hydrogen (secondary N) is 1. The molecule has 1 saturated heterocycles. The van der Waals surface area contributed by atoms with Gasteiger partial charge in [-0.2, -0.15) is 0 Å². The third-order valence-corrected chi connectivity index (χ3v) is 4.60. The molecule has 3 nitrogen and oxygen atoms in total. The molecule has 0 aromatic carbocycles. The van der Waals surface area contributed by atoms with E-state index in [-0.39, 0.29) is 11.7 Å². The summed E-state index contributed by atoms with van der Waals surface area (Å²) in [5, 5.41) is 3.54. The van der Waals surface area contributed by atoms with Gasteiger partial charge in [-0.1, -0.05) is 13.8 Å². The number of furan rings is 1. The highest BCUT2D eigenvalue weighted by Gasteiger charge is 2.42. The molecule has 1 aromatic rings. The predicted octanol–water partition coefficient (Wildman–Crippen LogP) is 3.28. The van der Waals surface area contributed by atoms with Gasteiger partial charge in [0.25, 0.3) is 0 Å². The highest BCUT2D eigenvalue weighted by molar-refractivity contribution is 5.12. The molecule has 1 atom stereocenters. The van der Waals surface area contributed by atoms with Crippen molar-refractivity contribution in [2.45, 2.75) is 51.2 Å². The van der Waals surface area contributed by atoms with Crippen LogP contribution in [0.1, 0.15) is 51.2 Å². The van der Waals surface area contributed by atoms with Crippen molar-refractivity contribution in [3.05, 3.63) is 24.2 Å². The Hall–Kier alpha value is -0.800. The van der Waals surface area contributed by atoms with Crippen molar-refractivity contribution < 1.29 is 9.15 Å². The van der Waals surface area contributed by atoms with E-state index in [4.69, 9.17) is 9.15 Å². The molecular formula is C15H23NO2. The van der Waals surface area contributed by atoms with E-state index < -0.39 is 0 Å². The van der Waals surface area contributed by atoms with Crippen LogP contribution in [0.3, 0.4) is 0 Å². The van der Waals surface area contributed by atoms with Crippen molar-refractivity contribution >= 4 is 0 Å². The molecule has 1 spiro atoms. The van der Waals surface area contributed by atoms with Crippen LogP contribution in [0.5, 0.6) is 0 Å². The van der Waals surface area contributed by atoms with Gasteiger partial charge in [-0.15, -0.1) is 0 Å². The zero-order chi connectivity index (χ0) is 12.6. The molecule has 3 rings (SSSR count). The molecule has 1 aliphatic heterocycles. The van der Waals surface area contributed by atoms with Gasteiger partial charge in [0.15, 0.2) is 0 Å². The summed E-state index contributed by atoms with van der Waals surface area (Å²) >= 11 is 0. The summed E-state index contributed by atoms with van der Waals surface area (Å²) < 4.78 is 11.6. The van der Waals surface area contributed by atoms with Crippen LogP contribution < -0.4 is 5.32 Å². The molecule has 1 unspecified atom stereocenters. The normalized spacial score (nSPS) is 30.4. The highest BCUT2D eigenvalue weighted by atomic mass is 16.5. The molecule has 18 heavy (non-hydrogen) atoms. The Morgan fingerprint density at radius 1 is 1.22 bits per heavy atom. The summed E-state index contributed by atoms with van der Waals surface area (Å²) in [6.07, 6.45) is 8.53. The van der Waals surface area contributed by atoms with Crippen molar-refractivity contribution in [3.63, 3.8) is 0 Å². The molecule has 0 amide bonds. The van der Waals surface area contributed by atoms with Crippen LogP contribution in [-0.4, -0.2) is 18.7 Å². The fourth-order valence-electron chi connectivity index (χ4n) is 3.14. The molecule has 2 heterocycles. The predicted molar refractivity (Wildman–Crippen MR) is 70.4 cm³/mol. The first-order chi connectivity index (χ1) is 8.59. The lowest BCUT2D eigenvalue weighted by molar-refractivity contribution is -0.147. The van der Waals surface area contributed by atoms with Crippen molar-refractivity contribution in [1.82, 2.24) is 5.32 Å². The van der Waals surface area contributed by atoms with Crippen LogP contribution in [-0.2, 0) is 4.74 Å². The Kier molecular flexibility index (Phi) is 2.99. The maximum absolute atomic E-state index is 6.43. The monoisotopic (exact) mass is 249 g/mol. The molecule has 1 aromatic heterocycles. The smallest absolute Gasteiger partial charge is 0.0988 e. The first-order valence-electron chi connectivity index (χ1n) is 6.99. The maximum Gasteiger partial charge on any atom is 0.0988 e. The minimum Gasteiger partial charge on any atom is -0.472 e. The van der Waals surface area contributed by atoms with E-state index in [0.717, 1.165) is 18.7 Å². The molecule has 0 bridgehead atoms. The second-order valence-electron chi connectivity index (χ2n) is 6.64. The van der Waals surface area contributed by atoms with E-state index in [0.29, 0.717) is 5.41 Å². The van der Waals surface area contributed by atoms with E-state index in [2.05, 4.69) is 19.2 Å². The quantitative estimate of drug-likeness (QED) is 0.829. The van der Waals surface area contributed by atoms with Crippen molar-refractivity contribution in [2.75, 3.05) is 13.1 Å².